The predicted octanol–water partition coefficient (Wildman–Crippen LogP) is 6.44. The molecule has 0 saturated heterocycles. The number of allylic oxidation sites excluding steroid dienone is 1. The van der Waals surface area contributed by atoms with Gasteiger partial charge in [0, 0.05) is 10.0 Å². The van der Waals surface area contributed by atoms with Crippen LogP contribution < -0.4 is 14.2 Å². The molecule has 1 heterocycles. The smallest absolute Gasteiger partial charge is 0.352 e. The Bertz CT molecular complexity index is 1410. The molecule has 5 nitrogen and oxygen atoms in total. The summed E-state index contributed by atoms with van der Waals surface area (Å²) in [4.78, 5) is 25.2. The van der Waals surface area contributed by atoms with Crippen LogP contribution in [0.2, 0.25) is 0 Å². The molecular weight excluding hydrogens is 555 g/mol. The number of fused-ring (bicyclic) bond motifs is 1. The number of halogens is 6. The molecule has 36 heavy (non-hydrogen) atoms. The summed E-state index contributed by atoms with van der Waals surface area (Å²) in [6.07, 6.45) is -0.221. The zero-order valence-electron chi connectivity index (χ0n) is 18.4. The van der Waals surface area contributed by atoms with Crippen molar-refractivity contribution in [3.05, 3.63) is 92.4 Å². The van der Waals surface area contributed by atoms with Gasteiger partial charge in [0.15, 0.2) is 17.6 Å². The molecule has 3 aromatic carbocycles. The minimum atomic E-state index is -2.36. The van der Waals surface area contributed by atoms with E-state index in [1.54, 1.807) is 30.3 Å². The lowest BCUT2D eigenvalue weighted by Gasteiger charge is -2.16. The van der Waals surface area contributed by atoms with Gasteiger partial charge >= 0.3 is 5.97 Å². The van der Waals surface area contributed by atoms with Gasteiger partial charge in [-0.2, -0.15) is 8.78 Å². The lowest BCUT2D eigenvalue weighted by atomic mass is 10.1. The molecule has 0 spiro atoms. The van der Waals surface area contributed by atoms with E-state index in [1.807, 2.05) is 0 Å². The van der Waals surface area contributed by atoms with Gasteiger partial charge in [0.2, 0.25) is 34.9 Å². The maximum absolute atomic E-state index is 13.9. The van der Waals surface area contributed by atoms with Crippen LogP contribution in [0.3, 0.4) is 0 Å². The first-order valence-electron chi connectivity index (χ1n) is 10.2. The predicted molar refractivity (Wildman–Crippen MR) is 120 cm³/mol. The molecular formula is C25H14BrF5O5. The molecule has 0 amide bonds. The van der Waals surface area contributed by atoms with Crippen molar-refractivity contribution in [1.82, 2.24) is 0 Å². The van der Waals surface area contributed by atoms with E-state index in [1.165, 1.54) is 19.1 Å². The molecule has 0 N–H and O–H groups in total. The summed E-state index contributed by atoms with van der Waals surface area (Å²) in [5.41, 5.74) is 1.19. The van der Waals surface area contributed by atoms with Gasteiger partial charge in [-0.1, -0.05) is 28.1 Å². The molecule has 1 unspecified atom stereocenters. The number of Topliss-reactive ketones (excluding diaryl/α,β-unsaturated/α-hetero) is 1. The van der Waals surface area contributed by atoms with E-state index in [-0.39, 0.29) is 28.4 Å². The SMILES string of the molecule is Cc1c(OC(=O)C(C)Oc2c(F)c(F)c(F)c(F)c2F)ccc2c1O/C(=C\c1ccc(Br)cc1)C2=O. The van der Waals surface area contributed by atoms with Gasteiger partial charge in [-0.3, -0.25) is 4.79 Å². The van der Waals surface area contributed by atoms with Crippen LogP contribution >= 0.6 is 15.9 Å². The molecule has 3 aromatic rings. The molecule has 0 aliphatic carbocycles. The first kappa shape index (κ1) is 25.4. The van der Waals surface area contributed by atoms with Crippen molar-refractivity contribution >= 4 is 33.8 Å². The second kappa shape index (κ2) is 9.73. The van der Waals surface area contributed by atoms with Crippen molar-refractivity contribution in [1.29, 1.82) is 0 Å². The number of hydrogen-bond acceptors (Lipinski definition) is 5. The number of rotatable bonds is 5. The Morgan fingerprint density at radius 2 is 1.53 bits per heavy atom. The number of carbonyl (C=O) groups is 2. The molecule has 1 atom stereocenters. The number of carbonyl (C=O) groups excluding carboxylic acids is 2. The first-order valence-corrected chi connectivity index (χ1v) is 11.0. The summed E-state index contributed by atoms with van der Waals surface area (Å²) < 4.78 is 84.2. The molecule has 0 bridgehead atoms. The highest BCUT2D eigenvalue weighted by Gasteiger charge is 2.32. The third-order valence-electron chi connectivity index (χ3n) is 5.21. The van der Waals surface area contributed by atoms with Crippen LogP contribution in [-0.4, -0.2) is 17.9 Å². The summed E-state index contributed by atoms with van der Waals surface area (Å²) in [7, 11) is 0. The maximum Gasteiger partial charge on any atom is 0.352 e. The normalized spacial score (nSPS) is 14.4. The van der Waals surface area contributed by atoms with Crippen molar-refractivity contribution in [2.45, 2.75) is 20.0 Å². The summed E-state index contributed by atoms with van der Waals surface area (Å²) in [5, 5.41) is 0. The van der Waals surface area contributed by atoms with E-state index < -0.39 is 52.7 Å². The molecule has 1 aliphatic heterocycles. The standard InChI is InChI=1S/C25H14BrF5O5/c1-10-15(36-25(33)11(2)34-24-20(30)18(28)17(27)19(29)21(24)31)8-7-14-22(32)16(35-23(10)14)9-12-3-5-13(26)6-4-12/h3-9,11H,1-2H3/b16-9-. The zero-order valence-corrected chi connectivity index (χ0v) is 20.0. The van der Waals surface area contributed by atoms with Crippen LogP contribution in [-0.2, 0) is 4.79 Å². The fraction of sp³-hybridized carbons (Fsp3) is 0.120. The van der Waals surface area contributed by atoms with Crippen LogP contribution in [0.5, 0.6) is 17.2 Å². The molecule has 0 fully saturated rings. The average Bonchev–Trinajstić information content (AvgIpc) is 3.18. The van der Waals surface area contributed by atoms with Gasteiger partial charge in [-0.15, -0.1) is 0 Å². The highest BCUT2D eigenvalue weighted by Crippen LogP contribution is 2.39. The van der Waals surface area contributed by atoms with E-state index in [2.05, 4.69) is 15.9 Å². The van der Waals surface area contributed by atoms with Crippen molar-refractivity contribution in [3.8, 4) is 17.2 Å². The largest absolute Gasteiger partial charge is 0.473 e. The monoisotopic (exact) mass is 568 g/mol. The van der Waals surface area contributed by atoms with E-state index >= 15 is 0 Å². The van der Waals surface area contributed by atoms with Gasteiger partial charge in [-0.25, -0.2) is 18.0 Å². The zero-order chi connectivity index (χ0) is 26.3. The van der Waals surface area contributed by atoms with Gasteiger partial charge in [0.25, 0.3) is 0 Å². The molecule has 4 rings (SSSR count). The molecule has 11 heteroatoms. The highest BCUT2D eigenvalue weighted by atomic mass is 79.9. The van der Waals surface area contributed by atoms with Crippen molar-refractivity contribution in [2.75, 3.05) is 0 Å². The summed E-state index contributed by atoms with van der Waals surface area (Å²) in [5.74, 6) is -14.3. The third-order valence-corrected chi connectivity index (χ3v) is 5.74. The topological polar surface area (TPSA) is 61.8 Å². The van der Waals surface area contributed by atoms with Crippen LogP contribution in [0.4, 0.5) is 22.0 Å². The van der Waals surface area contributed by atoms with E-state index in [9.17, 15) is 31.5 Å². The molecule has 186 valence electrons. The number of hydrogen-bond donors (Lipinski definition) is 0. The Labute approximate surface area is 209 Å². The Morgan fingerprint density at radius 3 is 2.14 bits per heavy atom. The quantitative estimate of drug-likeness (QED) is 0.0884. The third kappa shape index (κ3) is 4.58. The summed E-state index contributed by atoms with van der Waals surface area (Å²) in [6.45, 7) is 2.51. The van der Waals surface area contributed by atoms with E-state index in [4.69, 9.17) is 14.2 Å². The fourth-order valence-corrected chi connectivity index (χ4v) is 3.56. The second-order valence-corrected chi connectivity index (χ2v) is 8.55. The minimum absolute atomic E-state index is 0.0434. The second-order valence-electron chi connectivity index (χ2n) is 7.64. The van der Waals surface area contributed by atoms with Crippen molar-refractivity contribution in [3.63, 3.8) is 0 Å². The molecule has 1 aliphatic rings. The first-order chi connectivity index (χ1) is 17.0. The van der Waals surface area contributed by atoms with Crippen molar-refractivity contribution < 1.29 is 45.8 Å². The number of esters is 1. The Morgan fingerprint density at radius 1 is 0.944 bits per heavy atom. The Balaban J connectivity index is 1.54. The Kier molecular flexibility index (Phi) is 6.85. The van der Waals surface area contributed by atoms with E-state index in [0.29, 0.717) is 5.56 Å². The summed E-state index contributed by atoms with van der Waals surface area (Å²) in [6, 6.07) is 9.78. The molecule has 0 saturated carbocycles. The minimum Gasteiger partial charge on any atom is -0.473 e. The van der Waals surface area contributed by atoms with Gasteiger partial charge < -0.3 is 14.2 Å². The molecule has 0 aromatic heterocycles. The maximum atomic E-state index is 13.9. The lowest BCUT2D eigenvalue weighted by molar-refractivity contribution is -0.141. The summed E-state index contributed by atoms with van der Waals surface area (Å²) >= 11 is 3.32. The van der Waals surface area contributed by atoms with Gasteiger partial charge in [0.05, 0.1) is 5.56 Å². The number of benzene rings is 3. The Hall–Kier alpha value is -3.73. The van der Waals surface area contributed by atoms with Gasteiger partial charge in [0.1, 0.15) is 11.5 Å². The number of ether oxygens (including phenoxy) is 3. The fourth-order valence-electron chi connectivity index (χ4n) is 3.29. The lowest BCUT2D eigenvalue weighted by Crippen LogP contribution is -2.29. The van der Waals surface area contributed by atoms with Gasteiger partial charge in [-0.05, 0) is 49.8 Å². The number of ketones is 1. The van der Waals surface area contributed by atoms with Crippen LogP contribution in [0, 0.1) is 36.0 Å². The van der Waals surface area contributed by atoms with Crippen LogP contribution in [0.1, 0.15) is 28.4 Å². The molecule has 0 radical (unpaired) electrons. The van der Waals surface area contributed by atoms with Crippen LogP contribution in [0.15, 0.2) is 46.6 Å². The van der Waals surface area contributed by atoms with Crippen LogP contribution in [0.25, 0.3) is 6.08 Å². The van der Waals surface area contributed by atoms with Crippen molar-refractivity contribution in [2.24, 2.45) is 0 Å². The van der Waals surface area contributed by atoms with E-state index in [0.717, 1.165) is 11.4 Å². The average molecular weight is 569 g/mol. The highest BCUT2D eigenvalue weighted by molar-refractivity contribution is 9.10.